The predicted octanol–water partition coefficient (Wildman–Crippen LogP) is 3.54. The van der Waals surface area contributed by atoms with Crippen molar-refractivity contribution in [2.75, 3.05) is 5.32 Å². The average molecular weight is 292 g/mol. The number of pyridine rings is 1. The molecule has 1 atom stereocenters. The van der Waals surface area contributed by atoms with Crippen molar-refractivity contribution in [1.29, 1.82) is 0 Å². The van der Waals surface area contributed by atoms with Gasteiger partial charge in [-0.2, -0.15) is 0 Å². The second kappa shape index (κ2) is 5.99. The Bertz CT molecular complexity index is 583. The van der Waals surface area contributed by atoms with Crippen LogP contribution < -0.4 is 11.1 Å². The number of anilines is 1. The molecule has 1 unspecified atom stereocenters. The lowest BCUT2D eigenvalue weighted by atomic mass is 10.1. The molecule has 0 amide bonds. The Hall–Kier alpha value is -1.65. The highest BCUT2D eigenvalue weighted by molar-refractivity contribution is 7.80. The third-order valence-corrected chi connectivity index (χ3v) is 3.27. The molecule has 0 radical (unpaired) electrons. The number of rotatable bonds is 4. The second-order valence-corrected chi connectivity index (χ2v) is 5.09. The van der Waals surface area contributed by atoms with Crippen molar-refractivity contribution in [3.63, 3.8) is 0 Å². The molecule has 0 aliphatic rings. The topological polar surface area (TPSA) is 50.9 Å². The molecule has 19 heavy (non-hydrogen) atoms. The van der Waals surface area contributed by atoms with E-state index in [1.54, 1.807) is 12.3 Å². The van der Waals surface area contributed by atoms with E-state index in [4.69, 9.17) is 29.6 Å². The molecule has 1 aromatic carbocycles. The Morgan fingerprint density at radius 2 is 2.00 bits per heavy atom. The predicted molar refractivity (Wildman–Crippen MR) is 83.6 cm³/mol. The molecule has 0 spiro atoms. The minimum atomic E-state index is 0.117. The first-order valence-corrected chi connectivity index (χ1v) is 6.63. The maximum atomic E-state index is 5.87. The van der Waals surface area contributed by atoms with Gasteiger partial charge in [0.1, 0.15) is 10.8 Å². The largest absolute Gasteiger partial charge is 0.389 e. The van der Waals surface area contributed by atoms with Crippen LogP contribution in [0.2, 0.25) is 5.02 Å². The molecular formula is C14H14ClN3S. The molecule has 0 aliphatic carbocycles. The highest BCUT2D eigenvalue weighted by atomic mass is 35.5. The smallest absolute Gasteiger partial charge is 0.127 e. The molecule has 0 bridgehead atoms. The van der Waals surface area contributed by atoms with Gasteiger partial charge in [-0.15, -0.1) is 0 Å². The number of hydrogen-bond donors (Lipinski definition) is 2. The van der Waals surface area contributed by atoms with Gasteiger partial charge in [-0.05, 0) is 36.8 Å². The molecular weight excluding hydrogens is 278 g/mol. The van der Waals surface area contributed by atoms with Gasteiger partial charge in [-0.25, -0.2) is 4.98 Å². The van der Waals surface area contributed by atoms with Crippen LogP contribution in [0.15, 0.2) is 42.6 Å². The minimum Gasteiger partial charge on any atom is -0.389 e. The Kier molecular flexibility index (Phi) is 4.35. The maximum Gasteiger partial charge on any atom is 0.127 e. The summed E-state index contributed by atoms with van der Waals surface area (Å²) in [6.07, 6.45) is 1.69. The van der Waals surface area contributed by atoms with E-state index >= 15 is 0 Å². The van der Waals surface area contributed by atoms with E-state index in [0.717, 1.165) is 22.0 Å². The summed E-state index contributed by atoms with van der Waals surface area (Å²) in [6, 6.07) is 11.5. The molecule has 3 nitrogen and oxygen atoms in total. The lowest BCUT2D eigenvalue weighted by Gasteiger charge is -2.15. The SMILES string of the molecule is CC(Nc1cc(C(N)=S)ccn1)c1ccc(Cl)cc1. The molecule has 0 saturated carbocycles. The van der Waals surface area contributed by atoms with Crippen LogP contribution in [0.25, 0.3) is 0 Å². The maximum absolute atomic E-state index is 5.87. The van der Waals surface area contributed by atoms with E-state index in [9.17, 15) is 0 Å². The van der Waals surface area contributed by atoms with Crippen LogP contribution in [0.5, 0.6) is 0 Å². The van der Waals surface area contributed by atoms with Gasteiger partial charge in [0.25, 0.3) is 0 Å². The number of thiocarbonyl (C=S) groups is 1. The monoisotopic (exact) mass is 291 g/mol. The molecule has 3 N–H and O–H groups in total. The summed E-state index contributed by atoms with van der Waals surface area (Å²) in [5, 5.41) is 4.03. The quantitative estimate of drug-likeness (QED) is 0.846. The average Bonchev–Trinajstić information content (AvgIpc) is 2.39. The molecule has 98 valence electrons. The Labute approximate surface area is 122 Å². The molecule has 0 aliphatic heterocycles. The molecule has 5 heteroatoms. The van der Waals surface area contributed by atoms with E-state index in [0.29, 0.717) is 4.99 Å². The van der Waals surface area contributed by atoms with Gasteiger partial charge in [0.05, 0.1) is 0 Å². The van der Waals surface area contributed by atoms with Gasteiger partial charge in [0.2, 0.25) is 0 Å². The van der Waals surface area contributed by atoms with Crippen LogP contribution >= 0.6 is 23.8 Å². The summed E-state index contributed by atoms with van der Waals surface area (Å²) in [6.45, 7) is 2.05. The Morgan fingerprint density at radius 3 is 2.63 bits per heavy atom. The first-order valence-electron chi connectivity index (χ1n) is 5.84. The van der Waals surface area contributed by atoms with E-state index in [1.165, 1.54) is 0 Å². The first kappa shape index (κ1) is 13.8. The number of nitrogens with two attached hydrogens (primary N) is 1. The molecule has 0 fully saturated rings. The van der Waals surface area contributed by atoms with Gasteiger partial charge in [-0.3, -0.25) is 0 Å². The fourth-order valence-corrected chi connectivity index (χ4v) is 1.97. The zero-order valence-corrected chi connectivity index (χ0v) is 12.0. The van der Waals surface area contributed by atoms with Crippen molar-refractivity contribution in [1.82, 2.24) is 4.98 Å². The highest BCUT2D eigenvalue weighted by Gasteiger charge is 2.07. The zero-order valence-electron chi connectivity index (χ0n) is 10.4. The standard InChI is InChI=1S/C14H14ClN3S/c1-9(10-2-4-12(15)5-3-10)18-13-8-11(14(16)19)6-7-17-13/h2-9H,1H3,(H2,16,19)(H,17,18). The summed E-state index contributed by atoms with van der Waals surface area (Å²) < 4.78 is 0. The summed E-state index contributed by atoms with van der Waals surface area (Å²) in [5.41, 5.74) is 7.54. The van der Waals surface area contributed by atoms with E-state index in [-0.39, 0.29) is 6.04 Å². The first-order chi connectivity index (χ1) is 9.06. The van der Waals surface area contributed by atoms with Crippen LogP contribution in [0.1, 0.15) is 24.1 Å². The van der Waals surface area contributed by atoms with Gasteiger partial charge in [0, 0.05) is 22.8 Å². The van der Waals surface area contributed by atoms with Crippen molar-refractivity contribution in [2.24, 2.45) is 5.73 Å². The van der Waals surface area contributed by atoms with Crippen molar-refractivity contribution in [3.05, 3.63) is 58.7 Å². The summed E-state index contributed by atoms with van der Waals surface area (Å²) >= 11 is 10.8. The lowest BCUT2D eigenvalue weighted by Crippen LogP contribution is -2.12. The zero-order chi connectivity index (χ0) is 13.8. The summed E-state index contributed by atoms with van der Waals surface area (Å²) in [4.78, 5) is 4.62. The third kappa shape index (κ3) is 3.66. The van der Waals surface area contributed by atoms with E-state index < -0.39 is 0 Å². The number of benzene rings is 1. The van der Waals surface area contributed by atoms with E-state index in [1.807, 2.05) is 30.3 Å². The fourth-order valence-electron chi connectivity index (χ4n) is 1.72. The third-order valence-electron chi connectivity index (χ3n) is 2.78. The minimum absolute atomic E-state index is 0.117. The van der Waals surface area contributed by atoms with Crippen LogP contribution in [0.4, 0.5) is 5.82 Å². The Morgan fingerprint density at radius 1 is 1.32 bits per heavy atom. The molecule has 1 heterocycles. The van der Waals surface area contributed by atoms with Gasteiger partial charge >= 0.3 is 0 Å². The molecule has 0 saturated heterocycles. The fraction of sp³-hybridized carbons (Fsp3) is 0.143. The van der Waals surface area contributed by atoms with Crippen molar-refractivity contribution >= 4 is 34.6 Å². The van der Waals surface area contributed by atoms with Crippen LogP contribution in [-0.4, -0.2) is 9.97 Å². The molecule has 2 rings (SSSR count). The number of aromatic nitrogens is 1. The lowest BCUT2D eigenvalue weighted by molar-refractivity contribution is 0.874. The molecule has 1 aromatic heterocycles. The van der Waals surface area contributed by atoms with Crippen molar-refractivity contribution in [2.45, 2.75) is 13.0 Å². The number of nitrogens with one attached hydrogen (secondary N) is 1. The normalized spacial score (nSPS) is 11.9. The van der Waals surface area contributed by atoms with Crippen molar-refractivity contribution < 1.29 is 0 Å². The Balaban J connectivity index is 2.14. The van der Waals surface area contributed by atoms with Crippen molar-refractivity contribution in [3.8, 4) is 0 Å². The molecule has 2 aromatic rings. The van der Waals surface area contributed by atoms with Crippen LogP contribution in [0.3, 0.4) is 0 Å². The second-order valence-electron chi connectivity index (χ2n) is 4.21. The van der Waals surface area contributed by atoms with Gasteiger partial charge in [-0.1, -0.05) is 36.0 Å². The van der Waals surface area contributed by atoms with Crippen LogP contribution in [-0.2, 0) is 0 Å². The number of halogens is 1. The number of nitrogens with zero attached hydrogens (tertiary/aromatic N) is 1. The summed E-state index contributed by atoms with van der Waals surface area (Å²) in [5.74, 6) is 0.743. The van der Waals surface area contributed by atoms with Gasteiger partial charge in [0.15, 0.2) is 0 Å². The van der Waals surface area contributed by atoms with E-state index in [2.05, 4.69) is 17.2 Å². The summed E-state index contributed by atoms with van der Waals surface area (Å²) in [7, 11) is 0. The van der Waals surface area contributed by atoms with Gasteiger partial charge < -0.3 is 11.1 Å². The number of hydrogen-bond acceptors (Lipinski definition) is 3. The van der Waals surface area contributed by atoms with Crippen LogP contribution in [0, 0.1) is 0 Å². The highest BCUT2D eigenvalue weighted by Crippen LogP contribution is 2.20.